The van der Waals surface area contributed by atoms with Crippen molar-refractivity contribution in [3.8, 4) is 0 Å². The van der Waals surface area contributed by atoms with Crippen molar-refractivity contribution in [2.75, 3.05) is 19.7 Å². The molecule has 1 heterocycles. The topological polar surface area (TPSA) is 55.8 Å². The van der Waals surface area contributed by atoms with E-state index in [0.717, 1.165) is 11.1 Å². The maximum absolute atomic E-state index is 12.6. The fourth-order valence-electron chi connectivity index (χ4n) is 3.37. The third-order valence-corrected chi connectivity index (χ3v) is 4.57. The lowest BCUT2D eigenvalue weighted by Crippen LogP contribution is -2.49. The van der Waals surface area contributed by atoms with Crippen LogP contribution in [0, 0.1) is 0 Å². The number of rotatable bonds is 5. The predicted octanol–water partition coefficient (Wildman–Crippen LogP) is 3.07. The maximum Gasteiger partial charge on any atom is 0.338 e. The summed E-state index contributed by atoms with van der Waals surface area (Å²) in [6.45, 7) is 4.65. The van der Waals surface area contributed by atoms with E-state index in [4.69, 9.17) is 9.47 Å². The van der Waals surface area contributed by atoms with Crippen LogP contribution in [-0.2, 0) is 20.7 Å². The van der Waals surface area contributed by atoms with Crippen LogP contribution in [0.2, 0.25) is 0 Å². The van der Waals surface area contributed by atoms with E-state index in [0.29, 0.717) is 25.1 Å². The van der Waals surface area contributed by atoms with E-state index >= 15 is 0 Å². The summed E-state index contributed by atoms with van der Waals surface area (Å²) >= 11 is 0. The van der Waals surface area contributed by atoms with Crippen LogP contribution in [0.4, 0.5) is 0 Å². The zero-order chi connectivity index (χ0) is 19.2. The van der Waals surface area contributed by atoms with Crippen molar-refractivity contribution in [1.29, 1.82) is 0 Å². The number of carbonyl (C=O) groups is 2. The highest BCUT2D eigenvalue weighted by Gasteiger charge is 2.26. The fourth-order valence-corrected chi connectivity index (χ4v) is 3.37. The van der Waals surface area contributed by atoms with Crippen molar-refractivity contribution >= 4 is 11.9 Å². The number of benzene rings is 2. The second-order valence-corrected chi connectivity index (χ2v) is 6.95. The SMILES string of the molecule is C[C@@H]1CN(C(=O)COC(=O)c2ccccc2Cc2ccccc2)C[C@H](C)O1. The molecule has 0 aromatic heterocycles. The van der Waals surface area contributed by atoms with Gasteiger partial charge in [0.1, 0.15) is 0 Å². The molecule has 5 nitrogen and oxygen atoms in total. The Balaban J connectivity index is 1.62. The summed E-state index contributed by atoms with van der Waals surface area (Å²) in [7, 11) is 0. The van der Waals surface area contributed by atoms with E-state index in [-0.39, 0.29) is 24.7 Å². The van der Waals surface area contributed by atoms with Gasteiger partial charge in [-0.05, 0) is 37.5 Å². The second-order valence-electron chi connectivity index (χ2n) is 6.95. The Morgan fingerprint density at radius 3 is 2.33 bits per heavy atom. The second kappa shape index (κ2) is 8.82. The van der Waals surface area contributed by atoms with Gasteiger partial charge in [0.25, 0.3) is 5.91 Å². The first-order chi connectivity index (χ1) is 13.0. The number of morpholine rings is 1. The van der Waals surface area contributed by atoms with Gasteiger partial charge in [0.2, 0.25) is 0 Å². The van der Waals surface area contributed by atoms with Crippen LogP contribution >= 0.6 is 0 Å². The molecular weight excluding hydrogens is 342 g/mol. The van der Waals surface area contributed by atoms with E-state index < -0.39 is 5.97 Å². The largest absolute Gasteiger partial charge is 0.452 e. The quantitative estimate of drug-likeness (QED) is 0.762. The highest BCUT2D eigenvalue weighted by molar-refractivity contribution is 5.92. The molecule has 0 spiro atoms. The zero-order valence-electron chi connectivity index (χ0n) is 15.8. The highest BCUT2D eigenvalue weighted by atomic mass is 16.5. The lowest BCUT2D eigenvalue weighted by atomic mass is 10.00. The van der Waals surface area contributed by atoms with E-state index in [1.807, 2.05) is 56.3 Å². The van der Waals surface area contributed by atoms with Gasteiger partial charge in [0.15, 0.2) is 6.61 Å². The molecule has 0 bridgehead atoms. The van der Waals surface area contributed by atoms with Gasteiger partial charge in [-0.2, -0.15) is 0 Å². The Bertz CT molecular complexity index is 780. The molecule has 2 aromatic rings. The van der Waals surface area contributed by atoms with Gasteiger partial charge in [-0.25, -0.2) is 4.79 Å². The summed E-state index contributed by atoms with van der Waals surface area (Å²) < 4.78 is 11.0. The first-order valence-corrected chi connectivity index (χ1v) is 9.25. The first kappa shape index (κ1) is 19.1. The molecule has 2 aromatic carbocycles. The van der Waals surface area contributed by atoms with Crippen LogP contribution in [0.3, 0.4) is 0 Å². The molecule has 1 aliphatic heterocycles. The number of ether oxygens (including phenoxy) is 2. The molecule has 1 saturated heterocycles. The van der Waals surface area contributed by atoms with Crippen LogP contribution in [0.25, 0.3) is 0 Å². The van der Waals surface area contributed by atoms with E-state index in [2.05, 4.69) is 0 Å². The predicted molar refractivity (Wildman–Crippen MR) is 103 cm³/mol. The third kappa shape index (κ3) is 5.17. The Labute approximate surface area is 159 Å². The summed E-state index contributed by atoms with van der Waals surface area (Å²) in [4.78, 5) is 26.6. The Hall–Kier alpha value is -2.66. The van der Waals surface area contributed by atoms with Crippen LogP contribution in [0.1, 0.15) is 35.3 Å². The molecule has 142 valence electrons. The standard InChI is InChI=1S/C22H25NO4/c1-16-13-23(14-17(2)27-16)21(24)15-26-22(25)20-11-7-6-10-19(20)12-18-8-4-3-5-9-18/h3-11,16-17H,12-15H2,1-2H3/t16-,17+. The number of hydrogen-bond donors (Lipinski definition) is 0. The zero-order valence-corrected chi connectivity index (χ0v) is 15.8. The van der Waals surface area contributed by atoms with Gasteiger partial charge in [-0.3, -0.25) is 4.79 Å². The van der Waals surface area contributed by atoms with Crippen molar-refractivity contribution in [1.82, 2.24) is 4.90 Å². The average molecular weight is 367 g/mol. The van der Waals surface area contributed by atoms with Crippen LogP contribution < -0.4 is 0 Å². The average Bonchev–Trinajstić information content (AvgIpc) is 2.66. The fraction of sp³-hybridized carbons (Fsp3) is 0.364. The van der Waals surface area contributed by atoms with Crippen molar-refractivity contribution in [3.05, 3.63) is 71.3 Å². The normalized spacial score (nSPS) is 19.6. The van der Waals surface area contributed by atoms with Gasteiger partial charge in [0, 0.05) is 13.1 Å². The number of hydrogen-bond acceptors (Lipinski definition) is 4. The summed E-state index contributed by atoms with van der Waals surface area (Å²) in [5.74, 6) is -0.657. The minimum absolute atomic E-state index is 0.0139. The molecule has 5 heteroatoms. The summed E-state index contributed by atoms with van der Waals surface area (Å²) in [5, 5.41) is 0. The van der Waals surface area contributed by atoms with Crippen molar-refractivity contribution in [2.45, 2.75) is 32.5 Å². The Morgan fingerprint density at radius 2 is 1.63 bits per heavy atom. The lowest BCUT2D eigenvalue weighted by Gasteiger charge is -2.35. The number of esters is 1. The highest BCUT2D eigenvalue weighted by Crippen LogP contribution is 2.16. The molecule has 1 aliphatic rings. The minimum atomic E-state index is -0.468. The summed E-state index contributed by atoms with van der Waals surface area (Å²) in [5.41, 5.74) is 2.50. The third-order valence-electron chi connectivity index (χ3n) is 4.57. The van der Waals surface area contributed by atoms with Gasteiger partial charge < -0.3 is 14.4 Å². The molecule has 0 radical (unpaired) electrons. The summed E-state index contributed by atoms with van der Waals surface area (Å²) in [6.07, 6.45) is 0.610. The van der Waals surface area contributed by atoms with Crippen LogP contribution in [-0.4, -0.2) is 48.7 Å². The first-order valence-electron chi connectivity index (χ1n) is 9.25. The maximum atomic E-state index is 12.6. The van der Waals surface area contributed by atoms with Gasteiger partial charge in [-0.15, -0.1) is 0 Å². The van der Waals surface area contributed by atoms with Crippen molar-refractivity contribution in [3.63, 3.8) is 0 Å². The van der Waals surface area contributed by atoms with Crippen molar-refractivity contribution in [2.24, 2.45) is 0 Å². The van der Waals surface area contributed by atoms with Crippen LogP contribution in [0.5, 0.6) is 0 Å². The monoisotopic (exact) mass is 367 g/mol. The van der Waals surface area contributed by atoms with E-state index in [9.17, 15) is 9.59 Å². The molecule has 2 atom stereocenters. The summed E-state index contributed by atoms with van der Waals surface area (Å²) in [6, 6.07) is 17.3. The molecule has 0 N–H and O–H groups in total. The molecule has 3 rings (SSSR count). The van der Waals surface area contributed by atoms with Gasteiger partial charge in [-0.1, -0.05) is 48.5 Å². The molecule has 1 amide bonds. The minimum Gasteiger partial charge on any atom is -0.452 e. The molecule has 0 saturated carbocycles. The Morgan fingerprint density at radius 1 is 1.00 bits per heavy atom. The molecule has 1 fully saturated rings. The molecule has 0 aliphatic carbocycles. The van der Waals surface area contributed by atoms with E-state index in [1.165, 1.54) is 0 Å². The van der Waals surface area contributed by atoms with Crippen LogP contribution in [0.15, 0.2) is 54.6 Å². The van der Waals surface area contributed by atoms with E-state index in [1.54, 1.807) is 17.0 Å². The van der Waals surface area contributed by atoms with Gasteiger partial charge in [0.05, 0.1) is 17.8 Å². The van der Waals surface area contributed by atoms with Gasteiger partial charge >= 0.3 is 5.97 Å². The molecule has 27 heavy (non-hydrogen) atoms. The lowest BCUT2D eigenvalue weighted by molar-refractivity contribution is -0.146. The number of amides is 1. The van der Waals surface area contributed by atoms with Crippen molar-refractivity contribution < 1.29 is 19.1 Å². The number of carbonyl (C=O) groups excluding carboxylic acids is 2. The smallest absolute Gasteiger partial charge is 0.338 e. The molecule has 0 unspecified atom stereocenters. The Kier molecular flexibility index (Phi) is 6.24. The molecular formula is C22H25NO4. The number of nitrogens with zero attached hydrogens (tertiary/aromatic N) is 1.